The summed E-state index contributed by atoms with van der Waals surface area (Å²) >= 11 is 0. The van der Waals surface area contributed by atoms with E-state index in [-0.39, 0.29) is 11.9 Å². The lowest BCUT2D eigenvalue weighted by Gasteiger charge is -2.34. The Balaban J connectivity index is 2.11. The van der Waals surface area contributed by atoms with Crippen LogP contribution in [0.2, 0.25) is 0 Å². The quantitative estimate of drug-likeness (QED) is 0.896. The molecule has 0 aromatic carbocycles. The number of anilines is 1. The molecule has 1 aliphatic heterocycles. The molecule has 1 aliphatic rings. The smallest absolute Gasteiger partial charge is 0.272 e. The number of ether oxygens (including phenoxy) is 1. The van der Waals surface area contributed by atoms with Gasteiger partial charge in [-0.1, -0.05) is 19.9 Å². The molecule has 0 spiro atoms. The number of hydrogen-bond acceptors (Lipinski definition) is 4. The van der Waals surface area contributed by atoms with Crippen LogP contribution in [0.5, 0.6) is 0 Å². The van der Waals surface area contributed by atoms with E-state index in [2.05, 4.69) is 24.1 Å². The third-order valence-corrected chi connectivity index (χ3v) is 3.48. The van der Waals surface area contributed by atoms with Gasteiger partial charge in [0.2, 0.25) is 0 Å². The van der Waals surface area contributed by atoms with Crippen LogP contribution in [0.15, 0.2) is 18.2 Å². The fourth-order valence-corrected chi connectivity index (χ4v) is 2.31. The minimum Gasteiger partial charge on any atom is -0.377 e. The Morgan fingerprint density at radius 2 is 2.35 bits per heavy atom. The zero-order valence-corrected chi connectivity index (χ0v) is 12.3. The second-order valence-electron chi connectivity index (χ2n) is 4.97. The predicted octanol–water partition coefficient (Wildman–Crippen LogP) is 2.15. The van der Waals surface area contributed by atoms with E-state index in [9.17, 15) is 4.79 Å². The van der Waals surface area contributed by atoms with Gasteiger partial charge in [0.25, 0.3) is 5.91 Å². The summed E-state index contributed by atoms with van der Waals surface area (Å²) in [5.74, 6) is 0.763. The maximum Gasteiger partial charge on any atom is 0.272 e. The van der Waals surface area contributed by atoms with Gasteiger partial charge in [-0.25, -0.2) is 4.98 Å². The van der Waals surface area contributed by atoms with Gasteiger partial charge in [0, 0.05) is 13.1 Å². The number of nitrogens with one attached hydrogen (secondary N) is 1. The maximum absolute atomic E-state index is 12.6. The number of carbonyl (C=O) groups is 1. The van der Waals surface area contributed by atoms with E-state index < -0.39 is 0 Å². The monoisotopic (exact) mass is 277 g/mol. The van der Waals surface area contributed by atoms with Crippen molar-refractivity contribution in [2.45, 2.75) is 32.7 Å². The molecule has 1 aromatic heterocycles. The molecule has 0 saturated carbocycles. The highest BCUT2D eigenvalue weighted by Gasteiger charge is 2.27. The molecule has 1 unspecified atom stereocenters. The molecule has 5 heteroatoms. The number of pyridine rings is 1. The first-order chi connectivity index (χ1) is 9.76. The SMILES string of the molecule is CCCNc1cccc(C(=O)N2CCOCC2CC)n1. The second kappa shape index (κ2) is 7.24. The lowest BCUT2D eigenvalue weighted by atomic mass is 10.1. The number of morpholine rings is 1. The average Bonchev–Trinajstić information content (AvgIpc) is 2.52. The van der Waals surface area contributed by atoms with Crippen LogP contribution < -0.4 is 5.32 Å². The van der Waals surface area contributed by atoms with Gasteiger partial charge in [0.1, 0.15) is 11.5 Å². The van der Waals surface area contributed by atoms with Crippen molar-refractivity contribution in [1.82, 2.24) is 9.88 Å². The minimum atomic E-state index is 0.000276. The Morgan fingerprint density at radius 3 is 3.10 bits per heavy atom. The first-order valence-electron chi connectivity index (χ1n) is 7.36. The van der Waals surface area contributed by atoms with E-state index in [0.29, 0.717) is 25.5 Å². The van der Waals surface area contributed by atoms with Gasteiger partial charge in [0.15, 0.2) is 0 Å². The zero-order valence-electron chi connectivity index (χ0n) is 12.3. The Labute approximate surface area is 120 Å². The van der Waals surface area contributed by atoms with E-state index in [1.165, 1.54) is 0 Å². The zero-order chi connectivity index (χ0) is 14.4. The molecule has 1 atom stereocenters. The Morgan fingerprint density at radius 1 is 1.50 bits per heavy atom. The second-order valence-corrected chi connectivity index (χ2v) is 4.97. The summed E-state index contributed by atoms with van der Waals surface area (Å²) in [6.45, 7) is 6.91. The molecule has 2 rings (SSSR count). The highest BCUT2D eigenvalue weighted by Crippen LogP contribution is 2.15. The van der Waals surface area contributed by atoms with Crippen molar-refractivity contribution in [3.8, 4) is 0 Å². The van der Waals surface area contributed by atoms with Crippen LogP contribution in [0.1, 0.15) is 37.2 Å². The Kier molecular flexibility index (Phi) is 5.35. The fraction of sp³-hybridized carbons (Fsp3) is 0.600. The predicted molar refractivity (Wildman–Crippen MR) is 79.0 cm³/mol. The molecule has 5 nitrogen and oxygen atoms in total. The van der Waals surface area contributed by atoms with Crippen LogP contribution in [0, 0.1) is 0 Å². The highest BCUT2D eigenvalue weighted by atomic mass is 16.5. The molecule has 0 bridgehead atoms. The summed E-state index contributed by atoms with van der Waals surface area (Å²) in [6.07, 6.45) is 1.93. The van der Waals surface area contributed by atoms with Crippen LogP contribution >= 0.6 is 0 Å². The topological polar surface area (TPSA) is 54.5 Å². The summed E-state index contributed by atoms with van der Waals surface area (Å²) in [7, 11) is 0. The molecule has 1 aromatic rings. The van der Waals surface area contributed by atoms with Crippen molar-refractivity contribution in [1.29, 1.82) is 0 Å². The molecule has 20 heavy (non-hydrogen) atoms. The molecule has 110 valence electrons. The fourth-order valence-electron chi connectivity index (χ4n) is 2.31. The van der Waals surface area contributed by atoms with Gasteiger partial charge in [0.05, 0.1) is 19.3 Å². The summed E-state index contributed by atoms with van der Waals surface area (Å²) in [4.78, 5) is 18.9. The van der Waals surface area contributed by atoms with E-state index in [1.807, 2.05) is 17.0 Å². The maximum atomic E-state index is 12.6. The summed E-state index contributed by atoms with van der Waals surface area (Å²) in [5, 5.41) is 3.21. The van der Waals surface area contributed by atoms with Gasteiger partial charge in [-0.2, -0.15) is 0 Å². The Bertz CT molecular complexity index is 450. The van der Waals surface area contributed by atoms with Gasteiger partial charge in [-0.3, -0.25) is 4.79 Å². The van der Waals surface area contributed by atoms with Gasteiger partial charge in [-0.15, -0.1) is 0 Å². The molecule has 2 heterocycles. The van der Waals surface area contributed by atoms with Crippen molar-refractivity contribution >= 4 is 11.7 Å². The van der Waals surface area contributed by atoms with Crippen molar-refractivity contribution in [3.05, 3.63) is 23.9 Å². The van der Waals surface area contributed by atoms with E-state index in [4.69, 9.17) is 4.74 Å². The first kappa shape index (κ1) is 14.8. The number of rotatable bonds is 5. The third kappa shape index (κ3) is 3.48. The molecule has 1 N–H and O–H groups in total. The standard InChI is InChI=1S/C15H23N3O2/c1-3-8-16-14-7-5-6-13(17-14)15(19)18-9-10-20-11-12(18)4-2/h5-7,12H,3-4,8-11H2,1-2H3,(H,16,17). The van der Waals surface area contributed by atoms with E-state index in [0.717, 1.165) is 25.2 Å². The highest BCUT2D eigenvalue weighted by molar-refractivity contribution is 5.93. The average molecular weight is 277 g/mol. The van der Waals surface area contributed by atoms with Crippen molar-refractivity contribution in [2.75, 3.05) is 31.6 Å². The van der Waals surface area contributed by atoms with Crippen molar-refractivity contribution in [3.63, 3.8) is 0 Å². The lowest BCUT2D eigenvalue weighted by molar-refractivity contribution is -0.00309. The van der Waals surface area contributed by atoms with E-state index >= 15 is 0 Å². The third-order valence-electron chi connectivity index (χ3n) is 3.48. The summed E-state index contributed by atoms with van der Waals surface area (Å²) in [5.41, 5.74) is 0.506. The number of amides is 1. The molecule has 0 radical (unpaired) electrons. The molecule has 1 amide bonds. The van der Waals surface area contributed by atoms with Crippen LogP contribution in [-0.4, -0.2) is 48.1 Å². The van der Waals surface area contributed by atoms with Crippen LogP contribution in [0.25, 0.3) is 0 Å². The van der Waals surface area contributed by atoms with Crippen molar-refractivity contribution < 1.29 is 9.53 Å². The van der Waals surface area contributed by atoms with Gasteiger partial charge < -0.3 is 15.0 Å². The summed E-state index contributed by atoms with van der Waals surface area (Å²) < 4.78 is 5.44. The van der Waals surface area contributed by atoms with Crippen LogP contribution in [0.4, 0.5) is 5.82 Å². The largest absolute Gasteiger partial charge is 0.377 e. The van der Waals surface area contributed by atoms with E-state index in [1.54, 1.807) is 6.07 Å². The minimum absolute atomic E-state index is 0.000276. The molecule has 0 aliphatic carbocycles. The Hall–Kier alpha value is -1.62. The number of aromatic nitrogens is 1. The molecular formula is C15H23N3O2. The lowest BCUT2D eigenvalue weighted by Crippen LogP contribution is -2.48. The van der Waals surface area contributed by atoms with Gasteiger partial charge in [-0.05, 0) is 25.0 Å². The number of hydrogen-bond donors (Lipinski definition) is 1. The first-order valence-corrected chi connectivity index (χ1v) is 7.36. The normalized spacial score (nSPS) is 18.9. The van der Waals surface area contributed by atoms with Crippen molar-refractivity contribution in [2.24, 2.45) is 0 Å². The van der Waals surface area contributed by atoms with Crippen LogP contribution in [0.3, 0.4) is 0 Å². The molecular weight excluding hydrogens is 254 g/mol. The number of carbonyl (C=O) groups excluding carboxylic acids is 1. The van der Waals surface area contributed by atoms with Gasteiger partial charge >= 0.3 is 0 Å². The summed E-state index contributed by atoms with van der Waals surface area (Å²) in [6, 6.07) is 5.70. The van der Waals surface area contributed by atoms with Crippen LogP contribution in [-0.2, 0) is 4.74 Å². The number of nitrogens with zero attached hydrogens (tertiary/aromatic N) is 2. The molecule has 1 fully saturated rings. The molecule has 1 saturated heterocycles.